The molecule has 0 bridgehead atoms. The molecule has 3 atom stereocenters. The van der Waals surface area contributed by atoms with Gasteiger partial charge < -0.3 is 5.23 Å². The molecule has 0 saturated carbocycles. The van der Waals surface area contributed by atoms with E-state index in [1.807, 2.05) is 0 Å². The van der Waals surface area contributed by atoms with Crippen LogP contribution in [0.3, 0.4) is 0 Å². The molecule has 3 unspecified atom stereocenters. The molecule has 0 aromatic carbocycles. The van der Waals surface area contributed by atoms with Gasteiger partial charge >= 0.3 is 0 Å². The second-order valence-corrected chi connectivity index (χ2v) is 5.84. The van der Waals surface area contributed by atoms with Gasteiger partial charge in [-0.25, -0.2) is 0 Å². The molecular formula is C15H30BNS. The van der Waals surface area contributed by atoms with Crippen LogP contribution in [0.1, 0.15) is 59.3 Å². The van der Waals surface area contributed by atoms with E-state index in [-0.39, 0.29) is 0 Å². The maximum Gasteiger partial charge on any atom is 0.177 e. The van der Waals surface area contributed by atoms with Crippen molar-refractivity contribution in [3.8, 4) is 0 Å². The summed E-state index contributed by atoms with van der Waals surface area (Å²) in [5.41, 5.74) is 0. The minimum absolute atomic E-state index is 0.423. The van der Waals surface area contributed by atoms with E-state index in [0.717, 1.165) is 19.4 Å². The molecule has 0 aliphatic rings. The quantitative estimate of drug-likeness (QED) is 0.248. The summed E-state index contributed by atoms with van der Waals surface area (Å²) in [7, 11) is 5.41. The van der Waals surface area contributed by atoms with Crippen LogP contribution in [-0.4, -0.2) is 19.8 Å². The monoisotopic (exact) mass is 267 g/mol. The molecule has 1 N–H and O–H groups in total. The fraction of sp³-hybridized carbons (Fsp3) is 0.867. The highest BCUT2D eigenvalue weighted by Crippen LogP contribution is 2.24. The molecule has 2 radical (unpaired) electrons. The van der Waals surface area contributed by atoms with Gasteiger partial charge in [0, 0.05) is 5.25 Å². The Balaban J connectivity index is 3.87. The Morgan fingerprint density at radius 1 is 1.22 bits per heavy atom. The maximum atomic E-state index is 5.41. The highest BCUT2D eigenvalue weighted by Gasteiger charge is 2.20. The lowest BCUT2D eigenvalue weighted by atomic mass is 9.90. The van der Waals surface area contributed by atoms with Crippen LogP contribution >= 0.6 is 12.6 Å². The molecule has 0 rings (SSSR count). The van der Waals surface area contributed by atoms with Gasteiger partial charge in [0.15, 0.2) is 7.98 Å². The predicted molar refractivity (Wildman–Crippen MR) is 87.4 cm³/mol. The van der Waals surface area contributed by atoms with Crippen molar-refractivity contribution in [2.45, 2.75) is 64.5 Å². The molecule has 0 amide bonds. The van der Waals surface area contributed by atoms with Crippen molar-refractivity contribution in [1.29, 1.82) is 0 Å². The lowest BCUT2D eigenvalue weighted by molar-refractivity contribution is 0.399. The molecule has 1 nitrogen and oxygen atoms in total. The summed E-state index contributed by atoms with van der Waals surface area (Å²) in [6.45, 7) is 7.59. The fourth-order valence-corrected chi connectivity index (χ4v) is 2.64. The summed E-state index contributed by atoms with van der Waals surface area (Å²) < 4.78 is 0. The molecular weight excluding hydrogens is 237 g/mol. The number of hydrogen-bond acceptors (Lipinski definition) is 2. The lowest BCUT2D eigenvalue weighted by Crippen LogP contribution is -2.30. The SMILES string of the molecule is [B]NCC(CC)C(S)C(C)C/C=C/CCCCC. The number of hydrogen-bond donors (Lipinski definition) is 2. The third-order valence-corrected chi connectivity index (χ3v) is 4.55. The van der Waals surface area contributed by atoms with Gasteiger partial charge in [0.2, 0.25) is 0 Å². The van der Waals surface area contributed by atoms with Crippen molar-refractivity contribution < 1.29 is 0 Å². The first kappa shape index (κ1) is 18.1. The molecule has 0 fully saturated rings. The summed E-state index contributed by atoms with van der Waals surface area (Å²) in [4.78, 5) is 0. The van der Waals surface area contributed by atoms with E-state index < -0.39 is 0 Å². The van der Waals surface area contributed by atoms with E-state index in [1.54, 1.807) is 0 Å². The molecule has 0 heterocycles. The van der Waals surface area contributed by atoms with Crippen LogP contribution in [0.15, 0.2) is 12.2 Å². The van der Waals surface area contributed by atoms with Crippen molar-refractivity contribution in [1.82, 2.24) is 5.23 Å². The number of thiol groups is 1. The zero-order valence-corrected chi connectivity index (χ0v) is 13.3. The Hall–Kier alpha value is 0.115. The number of unbranched alkanes of at least 4 members (excludes halogenated alkanes) is 3. The molecule has 104 valence electrons. The average Bonchev–Trinajstić information content (AvgIpc) is 2.39. The van der Waals surface area contributed by atoms with Crippen LogP contribution in [-0.2, 0) is 0 Å². The van der Waals surface area contributed by atoms with Crippen molar-refractivity contribution in [3.05, 3.63) is 12.2 Å². The molecule has 0 spiro atoms. The van der Waals surface area contributed by atoms with Gasteiger partial charge in [-0.3, -0.25) is 0 Å². The first-order valence-electron chi connectivity index (χ1n) is 7.43. The minimum Gasteiger partial charge on any atom is -0.366 e. The summed E-state index contributed by atoms with van der Waals surface area (Å²) in [6.07, 6.45) is 12.1. The molecule has 0 saturated heterocycles. The summed E-state index contributed by atoms with van der Waals surface area (Å²) >= 11 is 4.76. The van der Waals surface area contributed by atoms with Crippen LogP contribution in [0.4, 0.5) is 0 Å². The lowest BCUT2D eigenvalue weighted by Gasteiger charge is -2.26. The molecule has 0 aliphatic heterocycles. The summed E-state index contributed by atoms with van der Waals surface area (Å²) in [6, 6.07) is 0. The van der Waals surface area contributed by atoms with E-state index in [9.17, 15) is 0 Å². The van der Waals surface area contributed by atoms with Gasteiger partial charge in [-0.15, -0.1) is 0 Å². The van der Waals surface area contributed by atoms with Crippen LogP contribution in [0, 0.1) is 11.8 Å². The van der Waals surface area contributed by atoms with Gasteiger partial charge in [-0.2, -0.15) is 12.6 Å². The Morgan fingerprint density at radius 2 is 1.94 bits per heavy atom. The van der Waals surface area contributed by atoms with Gasteiger partial charge in [-0.1, -0.05) is 52.2 Å². The van der Waals surface area contributed by atoms with E-state index >= 15 is 0 Å². The second-order valence-electron chi connectivity index (χ2n) is 5.25. The number of nitrogens with one attached hydrogen (secondary N) is 1. The van der Waals surface area contributed by atoms with E-state index in [4.69, 9.17) is 20.6 Å². The Kier molecular flexibility index (Phi) is 12.2. The fourth-order valence-electron chi connectivity index (χ4n) is 2.20. The van der Waals surface area contributed by atoms with E-state index in [1.165, 1.54) is 25.7 Å². The smallest absolute Gasteiger partial charge is 0.177 e. The standard InChI is InChI=1S/C15H30BNS/c1-4-6-7-8-9-10-11-13(3)15(18)14(5-2)12-17-16/h9-10,13-15,17-18H,4-8,11-12H2,1-3H3/b10-9+. The number of rotatable bonds is 11. The molecule has 18 heavy (non-hydrogen) atoms. The molecule has 0 aromatic rings. The molecule has 0 aromatic heterocycles. The zero-order valence-electron chi connectivity index (χ0n) is 12.4. The van der Waals surface area contributed by atoms with Crippen molar-refractivity contribution >= 4 is 20.6 Å². The van der Waals surface area contributed by atoms with Gasteiger partial charge in [-0.05, 0) is 37.6 Å². The van der Waals surface area contributed by atoms with Crippen molar-refractivity contribution in [3.63, 3.8) is 0 Å². The zero-order chi connectivity index (χ0) is 13.8. The van der Waals surface area contributed by atoms with Gasteiger partial charge in [0.1, 0.15) is 0 Å². The Bertz CT molecular complexity index is 209. The minimum atomic E-state index is 0.423. The topological polar surface area (TPSA) is 12.0 Å². The first-order valence-corrected chi connectivity index (χ1v) is 7.95. The highest BCUT2D eigenvalue weighted by atomic mass is 32.1. The maximum absolute atomic E-state index is 5.41. The van der Waals surface area contributed by atoms with E-state index in [2.05, 4.69) is 38.2 Å². The van der Waals surface area contributed by atoms with Gasteiger partial charge in [0.05, 0.1) is 0 Å². The Morgan fingerprint density at radius 3 is 2.50 bits per heavy atom. The van der Waals surface area contributed by atoms with E-state index in [0.29, 0.717) is 17.1 Å². The molecule has 0 aliphatic carbocycles. The normalized spacial score (nSPS) is 16.9. The second kappa shape index (κ2) is 12.2. The highest BCUT2D eigenvalue weighted by molar-refractivity contribution is 7.81. The predicted octanol–water partition coefficient (Wildman–Crippen LogP) is 4.15. The van der Waals surface area contributed by atoms with Crippen molar-refractivity contribution in [2.24, 2.45) is 11.8 Å². The summed E-state index contributed by atoms with van der Waals surface area (Å²) in [5, 5.41) is 3.20. The van der Waals surface area contributed by atoms with Crippen LogP contribution in [0.2, 0.25) is 0 Å². The van der Waals surface area contributed by atoms with Crippen LogP contribution < -0.4 is 5.23 Å². The average molecular weight is 267 g/mol. The van der Waals surface area contributed by atoms with Gasteiger partial charge in [0.25, 0.3) is 0 Å². The summed E-state index contributed by atoms with van der Waals surface area (Å²) in [5.74, 6) is 1.16. The third kappa shape index (κ3) is 8.26. The largest absolute Gasteiger partial charge is 0.366 e. The first-order chi connectivity index (χ1) is 8.67. The molecule has 3 heteroatoms. The van der Waals surface area contributed by atoms with Crippen LogP contribution in [0.5, 0.6) is 0 Å². The van der Waals surface area contributed by atoms with Crippen molar-refractivity contribution in [2.75, 3.05) is 6.54 Å². The van der Waals surface area contributed by atoms with Crippen LogP contribution in [0.25, 0.3) is 0 Å². The Labute approximate surface area is 121 Å². The number of allylic oxidation sites excluding steroid dienone is 2. The third-order valence-electron chi connectivity index (χ3n) is 3.62.